The summed E-state index contributed by atoms with van der Waals surface area (Å²) in [5.74, 6) is 0.976. The van der Waals surface area contributed by atoms with E-state index in [0.29, 0.717) is 5.13 Å². The highest BCUT2D eigenvalue weighted by atomic mass is 32.2. The summed E-state index contributed by atoms with van der Waals surface area (Å²) >= 11 is 3.64. The van der Waals surface area contributed by atoms with E-state index in [4.69, 9.17) is 5.73 Å². The zero-order valence-corrected chi connectivity index (χ0v) is 11.7. The average molecular weight is 256 g/mol. The summed E-state index contributed by atoms with van der Waals surface area (Å²) in [7, 11) is 0. The average Bonchev–Trinajstić information content (AvgIpc) is 2.59. The molecular weight excluding hydrogens is 236 g/mol. The number of nitrogens with two attached hydrogens (primary N) is 1. The molecule has 0 saturated heterocycles. The maximum Gasteiger partial charge on any atom is 0.181 e. The lowest BCUT2D eigenvalue weighted by atomic mass is 9.87. The first-order chi connectivity index (χ1) is 7.69. The number of thioether (sulfide) groups is 1. The Morgan fingerprint density at radius 3 is 2.56 bits per heavy atom. The Balaban J connectivity index is 1.89. The number of thiazole rings is 1. The predicted molar refractivity (Wildman–Crippen MR) is 73.2 cm³/mol. The van der Waals surface area contributed by atoms with E-state index in [-0.39, 0.29) is 0 Å². The maximum atomic E-state index is 5.72. The fraction of sp³-hybridized carbons (Fsp3) is 0.750. The van der Waals surface area contributed by atoms with Crippen LogP contribution in [0.4, 0.5) is 5.13 Å². The Morgan fingerprint density at radius 2 is 2.06 bits per heavy atom. The smallest absolute Gasteiger partial charge is 0.181 e. The molecule has 2 N–H and O–H groups in total. The van der Waals surface area contributed by atoms with Crippen molar-refractivity contribution >= 4 is 28.2 Å². The van der Waals surface area contributed by atoms with Crippen molar-refractivity contribution < 1.29 is 0 Å². The van der Waals surface area contributed by atoms with Gasteiger partial charge in [0.1, 0.15) is 0 Å². The van der Waals surface area contributed by atoms with E-state index < -0.39 is 0 Å². The van der Waals surface area contributed by atoms with E-state index in [1.807, 2.05) is 11.8 Å². The van der Waals surface area contributed by atoms with Crippen LogP contribution in [0.5, 0.6) is 0 Å². The summed E-state index contributed by atoms with van der Waals surface area (Å²) < 4.78 is 1.33. The van der Waals surface area contributed by atoms with Gasteiger partial charge in [0.05, 0.1) is 9.90 Å². The van der Waals surface area contributed by atoms with Crippen molar-refractivity contribution in [1.29, 1.82) is 0 Å². The first-order valence-corrected chi connectivity index (χ1v) is 7.78. The lowest BCUT2D eigenvalue weighted by Crippen LogP contribution is -2.15. The van der Waals surface area contributed by atoms with Gasteiger partial charge in [0.25, 0.3) is 0 Å². The summed E-state index contributed by atoms with van der Waals surface area (Å²) in [5.41, 5.74) is 6.84. The third-order valence-electron chi connectivity index (χ3n) is 3.42. The molecule has 2 nitrogen and oxygen atoms in total. The van der Waals surface area contributed by atoms with Crippen LogP contribution in [0.2, 0.25) is 0 Å². The molecule has 1 heterocycles. The molecule has 1 aliphatic rings. The summed E-state index contributed by atoms with van der Waals surface area (Å²) in [6.07, 6.45) is 6.88. The molecule has 0 aliphatic heterocycles. The molecule has 0 unspecified atom stereocenters. The quantitative estimate of drug-likeness (QED) is 0.885. The van der Waals surface area contributed by atoms with Gasteiger partial charge in [0.15, 0.2) is 5.13 Å². The molecule has 16 heavy (non-hydrogen) atoms. The molecule has 2 rings (SSSR count). The molecule has 1 saturated carbocycles. The van der Waals surface area contributed by atoms with Crippen LogP contribution in [-0.2, 0) is 0 Å². The highest BCUT2D eigenvalue weighted by Crippen LogP contribution is 2.40. The van der Waals surface area contributed by atoms with Gasteiger partial charge in [-0.05, 0) is 38.5 Å². The van der Waals surface area contributed by atoms with E-state index in [1.54, 1.807) is 11.3 Å². The third-order valence-corrected chi connectivity index (χ3v) is 6.05. The number of hydrogen-bond acceptors (Lipinski definition) is 4. The molecule has 0 radical (unpaired) electrons. The van der Waals surface area contributed by atoms with E-state index in [1.165, 1.54) is 36.3 Å². The van der Waals surface area contributed by atoms with Gasteiger partial charge in [-0.25, -0.2) is 4.98 Å². The lowest BCUT2D eigenvalue weighted by molar-refractivity contribution is 0.356. The molecular formula is C12H20N2S2. The summed E-state index contributed by atoms with van der Waals surface area (Å²) in [5, 5.41) is 1.50. The van der Waals surface area contributed by atoms with Crippen molar-refractivity contribution in [3.05, 3.63) is 5.69 Å². The van der Waals surface area contributed by atoms with Crippen LogP contribution in [0, 0.1) is 12.8 Å². The van der Waals surface area contributed by atoms with Crippen molar-refractivity contribution in [3.63, 3.8) is 0 Å². The highest BCUT2D eigenvalue weighted by molar-refractivity contribution is 8.01. The molecule has 0 amide bonds. The van der Waals surface area contributed by atoms with Crippen molar-refractivity contribution in [2.75, 3.05) is 5.73 Å². The van der Waals surface area contributed by atoms with Gasteiger partial charge in [-0.1, -0.05) is 24.7 Å². The summed E-state index contributed by atoms with van der Waals surface area (Å²) in [6, 6.07) is 0. The number of nitrogens with zero attached hydrogens (tertiary/aromatic N) is 1. The fourth-order valence-electron chi connectivity index (χ4n) is 2.32. The van der Waals surface area contributed by atoms with Crippen molar-refractivity contribution in [2.24, 2.45) is 5.92 Å². The van der Waals surface area contributed by atoms with Crippen LogP contribution in [0.1, 0.15) is 44.7 Å². The number of rotatable bonds is 3. The molecule has 1 aromatic rings. The van der Waals surface area contributed by atoms with Crippen LogP contribution < -0.4 is 5.73 Å². The number of aryl methyl sites for hydroxylation is 1. The molecule has 0 spiro atoms. The monoisotopic (exact) mass is 256 g/mol. The minimum Gasteiger partial charge on any atom is -0.375 e. The summed E-state index contributed by atoms with van der Waals surface area (Å²) in [4.78, 5) is 4.28. The van der Waals surface area contributed by atoms with E-state index >= 15 is 0 Å². The van der Waals surface area contributed by atoms with Crippen molar-refractivity contribution in [1.82, 2.24) is 4.98 Å². The van der Waals surface area contributed by atoms with E-state index in [2.05, 4.69) is 18.8 Å². The predicted octanol–water partition coefficient (Wildman–Crippen LogP) is 4.09. The number of nitrogen functional groups attached to an aromatic ring is 1. The second-order valence-electron chi connectivity index (χ2n) is 4.59. The minimum atomic E-state index is 0.710. The molecule has 0 atom stereocenters. The van der Waals surface area contributed by atoms with Crippen LogP contribution in [0.15, 0.2) is 4.21 Å². The van der Waals surface area contributed by atoms with E-state index in [0.717, 1.165) is 16.9 Å². The zero-order chi connectivity index (χ0) is 11.5. The van der Waals surface area contributed by atoms with Gasteiger partial charge in [-0.15, -0.1) is 11.8 Å². The summed E-state index contributed by atoms with van der Waals surface area (Å²) in [6.45, 7) is 4.37. The van der Waals surface area contributed by atoms with Crippen LogP contribution in [-0.4, -0.2) is 10.2 Å². The number of hydrogen-bond donors (Lipinski definition) is 1. The largest absolute Gasteiger partial charge is 0.375 e. The number of aromatic nitrogens is 1. The first-order valence-electron chi connectivity index (χ1n) is 6.08. The molecule has 0 aromatic carbocycles. The molecule has 1 fully saturated rings. The normalized spacial score (nSPS) is 25.9. The Hall–Kier alpha value is -0.220. The Morgan fingerprint density at radius 1 is 1.38 bits per heavy atom. The van der Waals surface area contributed by atoms with Crippen LogP contribution >= 0.6 is 23.1 Å². The van der Waals surface area contributed by atoms with Gasteiger partial charge in [-0.3, -0.25) is 0 Å². The Kier molecular flexibility index (Phi) is 4.14. The van der Waals surface area contributed by atoms with E-state index in [9.17, 15) is 0 Å². The van der Waals surface area contributed by atoms with Crippen LogP contribution in [0.3, 0.4) is 0 Å². The van der Waals surface area contributed by atoms with Crippen molar-refractivity contribution in [2.45, 2.75) is 55.4 Å². The second-order valence-corrected chi connectivity index (χ2v) is 7.19. The molecule has 0 bridgehead atoms. The number of anilines is 1. The van der Waals surface area contributed by atoms with Gasteiger partial charge < -0.3 is 5.73 Å². The van der Waals surface area contributed by atoms with Gasteiger partial charge in [-0.2, -0.15) is 0 Å². The van der Waals surface area contributed by atoms with Gasteiger partial charge in [0, 0.05) is 5.25 Å². The highest BCUT2D eigenvalue weighted by Gasteiger charge is 2.22. The Bertz CT molecular complexity index is 341. The molecule has 1 aromatic heterocycles. The van der Waals surface area contributed by atoms with Crippen LogP contribution in [0.25, 0.3) is 0 Å². The SMILES string of the molecule is CCC1CCC(Sc2sc(N)nc2C)CC1. The minimum absolute atomic E-state index is 0.710. The van der Waals surface area contributed by atoms with Gasteiger partial charge in [0.2, 0.25) is 0 Å². The van der Waals surface area contributed by atoms with Gasteiger partial charge >= 0.3 is 0 Å². The Labute approximate surface area is 106 Å². The molecule has 90 valence electrons. The first kappa shape index (κ1) is 12.2. The standard InChI is InChI=1S/C12H20N2S2/c1-3-9-4-6-10(7-5-9)15-11-8(2)14-12(13)16-11/h9-10H,3-7H2,1-2H3,(H2,13,14). The molecule has 4 heteroatoms. The van der Waals surface area contributed by atoms with Crippen molar-refractivity contribution in [3.8, 4) is 0 Å². The third kappa shape index (κ3) is 2.92. The second kappa shape index (κ2) is 5.41. The molecule has 1 aliphatic carbocycles. The zero-order valence-electron chi connectivity index (χ0n) is 10.0. The maximum absolute atomic E-state index is 5.72. The fourth-order valence-corrected chi connectivity index (χ4v) is 4.77. The topological polar surface area (TPSA) is 38.9 Å². The lowest BCUT2D eigenvalue weighted by Gasteiger charge is -2.26.